The lowest BCUT2D eigenvalue weighted by atomic mass is 9.91. The normalized spacial score (nSPS) is 24.6. The molecule has 1 aliphatic rings. The van der Waals surface area contributed by atoms with Crippen molar-refractivity contribution in [2.75, 3.05) is 19.6 Å². The standard InChI is InChI=1S/C12H21N3O/c1-3-15-8-4-5-10(9-15)12(16)11-6-7-13-14(11)2/h6-7,10,12,16H,3-5,8-9H2,1-2H3/t10-,12+/m1/s1. The molecule has 2 rings (SSSR count). The summed E-state index contributed by atoms with van der Waals surface area (Å²) in [6.45, 7) is 5.43. The van der Waals surface area contributed by atoms with Crippen molar-refractivity contribution < 1.29 is 5.11 Å². The van der Waals surface area contributed by atoms with Gasteiger partial charge >= 0.3 is 0 Å². The number of nitrogens with zero attached hydrogens (tertiary/aromatic N) is 3. The van der Waals surface area contributed by atoms with Crippen molar-refractivity contribution in [3.63, 3.8) is 0 Å². The third kappa shape index (κ3) is 2.28. The van der Waals surface area contributed by atoms with Gasteiger partial charge in [0.05, 0.1) is 11.8 Å². The molecule has 1 N–H and O–H groups in total. The van der Waals surface area contributed by atoms with Gasteiger partial charge in [-0.25, -0.2) is 0 Å². The Labute approximate surface area is 96.9 Å². The molecule has 1 fully saturated rings. The summed E-state index contributed by atoms with van der Waals surface area (Å²) < 4.78 is 1.77. The van der Waals surface area contributed by atoms with E-state index in [4.69, 9.17) is 0 Å². The molecule has 4 nitrogen and oxygen atoms in total. The molecule has 0 amide bonds. The fraction of sp³-hybridized carbons (Fsp3) is 0.750. The molecule has 2 heterocycles. The number of hydrogen-bond donors (Lipinski definition) is 1. The van der Waals surface area contributed by atoms with E-state index in [0.717, 1.165) is 25.2 Å². The summed E-state index contributed by atoms with van der Waals surface area (Å²) >= 11 is 0. The Morgan fingerprint density at radius 1 is 1.62 bits per heavy atom. The summed E-state index contributed by atoms with van der Waals surface area (Å²) in [6.07, 6.45) is 3.68. The highest BCUT2D eigenvalue weighted by Crippen LogP contribution is 2.29. The molecule has 0 aromatic carbocycles. The molecule has 1 saturated heterocycles. The lowest BCUT2D eigenvalue weighted by Gasteiger charge is -2.34. The number of rotatable bonds is 3. The second kappa shape index (κ2) is 4.97. The first-order valence-electron chi connectivity index (χ1n) is 6.10. The predicted octanol–water partition coefficient (Wildman–Crippen LogP) is 1.19. The van der Waals surface area contributed by atoms with E-state index >= 15 is 0 Å². The van der Waals surface area contributed by atoms with E-state index in [1.54, 1.807) is 10.9 Å². The van der Waals surface area contributed by atoms with Gasteiger partial charge in [0, 0.05) is 25.7 Å². The van der Waals surface area contributed by atoms with E-state index in [1.807, 2.05) is 13.1 Å². The molecule has 1 aromatic heterocycles. The third-order valence-electron chi connectivity index (χ3n) is 3.60. The molecule has 0 unspecified atom stereocenters. The zero-order valence-corrected chi connectivity index (χ0v) is 10.1. The van der Waals surface area contributed by atoms with Crippen LogP contribution in [0.3, 0.4) is 0 Å². The van der Waals surface area contributed by atoms with Gasteiger partial charge < -0.3 is 10.0 Å². The first kappa shape index (κ1) is 11.6. The van der Waals surface area contributed by atoms with E-state index in [2.05, 4.69) is 16.9 Å². The fourth-order valence-electron chi connectivity index (χ4n) is 2.55. The van der Waals surface area contributed by atoms with Gasteiger partial charge in [0.2, 0.25) is 0 Å². The van der Waals surface area contributed by atoms with E-state index in [0.29, 0.717) is 5.92 Å². The zero-order chi connectivity index (χ0) is 11.5. The van der Waals surface area contributed by atoms with E-state index in [1.165, 1.54) is 13.0 Å². The van der Waals surface area contributed by atoms with Crippen LogP contribution in [0.25, 0.3) is 0 Å². The Morgan fingerprint density at radius 3 is 3.06 bits per heavy atom. The van der Waals surface area contributed by atoms with Crippen LogP contribution in [-0.2, 0) is 7.05 Å². The van der Waals surface area contributed by atoms with Crippen molar-refractivity contribution in [2.45, 2.75) is 25.9 Å². The zero-order valence-electron chi connectivity index (χ0n) is 10.1. The number of piperidine rings is 1. The number of aliphatic hydroxyl groups is 1. The molecular formula is C12H21N3O. The Morgan fingerprint density at radius 2 is 2.44 bits per heavy atom. The Hall–Kier alpha value is -0.870. The number of aliphatic hydroxyl groups excluding tert-OH is 1. The first-order valence-corrected chi connectivity index (χ1v) is 6.10. The summed E-state index contributed by atoms with van der Waals surface area (Å²) in [5.41, 5.74) is 0.933. The summed E-state index contributed by atoms with van der Waals surface area (Å²) in [5.74, 6) is 0.351. The molecule has 0 spiro atoms. The Balaban J connectivity index is 2.04. The summed E-state index contributed by atoms with van der Waals surface area (Å²) in [5, 5.41) is 14.5. The van der Waals surface area contributed by atoms with Gasteiger partial charge in [-0.3, -0.25) is 4.68 Å². The van der Waals surface area contributed by atoms with Crippen LogP contribution in [0.15, 0.2) is 12.3 Å². The molecule has 0 saturated carbocycles. The highest BCUT2D eigenvalue weighted by atomic mass is 16.3. The molecule has 4 heteroatoms. The molecule has 2 atom stereocenters. The summed E-state index contributed by atoms with van der Waals surface area (Å²) in [4.78, 5) is 2.41. The molecule has 0 radical (unpaired) electrons. The second-order valence-electron chi connectivity index (χ2n) is 4.62. The fourth-order valence-corrected chi connectivity index (χ4v) is 2.55. The number of likely N-dealkylation sites (tertiary alicyclic amines) is 1. The van der Waals surface area contributed by atoms with Crippen LogP contribution in [0, 0.1) is 5.92 Å². The van der Waals surface area contributed by atoms with Crippen molar-refractivity contribution in [1.29, 1.82) is 0 Å². The van der Waals surface area contributed by atoms with Crippen LogP contribution >= 0.6 is 0 Å². The summed E-state index contributed by atoms with van der Waals surface area (Å²) in [6, 6.07) is 1.91. The van der Waals surface area contributed by atoms with Crippen LogP contribution in [-0.4, -0.2) is 39.4 Å². The average Bonchev–Trinajstić information content (AvgIpc) is 2.74. The maximum atomic E-state index is 10.3. The Bertz CT molecular complexity index is 337. The van der Waals surface area contributed by atoms with Crippen molar-refractivity contribution in [3.05, 3.63) is 18.0 Å². The molecular weight excluding hydrogens is 202 g/mol. The summed E-state index contributed by atoms with van der Waals surface area (Å²) in [7, 11) is 1.89. The number of aryl methyl sites for hydroxylation is 1. The van der Waals surface area contributed by atoms with Gasteiger partial charge in [0.25, 0.3) is 0 Å². The minimum Gasteiger partial charge on any atom is -0.386 e. The monoisotopic (exact) mass is 223 g/mol. The van der Waals surface area contributed by atoms with Crippen LogP contribution in [0.1, 0.15) is 31.6 Å². The maximum absolute atomic E-state index is 10.3. The van der Waals surface area contributed by atoms with Gasteiger partial charge in [0.15, 0.2) is 0 Å². The van der Waals surface area contributed by atoms with Crippen molar-refractivity contribution >= 4 is 0 Å². The highest BCUT2D eigenvalue weighted by molar-refractivity contribution is 5.06. The average molecular weight is 223 g/mol. The Kier molecular flexibility index (Phi) is 3.61. The largest absolute Gasteiger partial charge is 0.386 e. The molecule has 16 heavy (non-hydrogen) atoms. The van der Waals surface area contributed by atoms with Crippen molar-refractivity contribution in [1.82, 2.24) is 14.7 Å². The van der Waals surface area contributed by atoms with Gasteiger partial charge in [-0.1, -0.05) is 6.92 Å². The molecule has 0 aliphatic carbocycles. The van der Waals surface area contributed by atoms with Crippen molar-refractivity contribution in [2.24, 2.45) is 13.0 Å². The molecule has 1 aromatic rings. The number of hydrogen-bond acceptors (Lipinski definition) is 3. The van der Waals surface area contributed by atoms with Gasteiger partial charge in [-0.05, 0) is 32.0 Å². The lowest BCUT2D eigenvalue weighted by Crippen LogP contribution is -2.37. The van der Waals surface area contributed by atoms with Crippen LogP contribution in [0.5, 0.6) is 0 Å². The predicted molar refractivity (Wildman–Crippen MR) is 63.0 cm³/mol. The quantitative estimate of drug-likeness (QED) is 0.836. The second-order valence-corrected chi connectivity index (χ2v) is 4.62. The topological polar surface area (TPSA) is 41.3 Å². The first-order chi connectivity index (χ1) is 7.72. The van der Waals surface area contributed by atoms with Crippen molar-refractivity contribution in [3.8, 4) is 0 Å². The minimum absolute atomic E-state index is 0.351. The third-order valence-corrected chi connectivity index (χ3v) is 3.60. The lowest BCUT2D eigenvalue weighted by molar-refractivity contribution is 0.0471. The van der Waals surface area contributed by atoms with Crippen LogP contribution < -0.4 is 0 Å². The van der Waals surface area contributed by atoms with Crippen LogP contribution in [0.2, 0.25) is 0 Å². The minimum atomic E-state index is -0.373. The SMILES string of the molecule is CCN1CCC[C@@H]([C@H](O)c2ccnn2C)C1. The van der Waals surface area contributed by atoms with Gasteiger partial charge in [0.1, 0.15) is 0 Å². The van der Waals surface area contributed by atoms with E-state index < -0.39 is 0 Å². The van der Waals surface area contributed by atoms with Gasteiger partial charge in [-0.15, -0.1) is 0 Å². The van der Waals surface area contributed by atoms with E-state index in [-0.39, 0.29) is 6.10 Å². The highest BCUT2D eigenvalue weighted by Gasteiger charge is 2.27. The van der Waals surface area contributed by atoms with E-state index in [9.17, 15) is 5.11 Å². The smallest absolute Gasteiger partial charge is 0.0996 e. The maximum Gasteiger partial charge on any atom is 0.0996 e. The molecule has 0 bridgehead atoms. The molecule has 1 aliphatic heterocycles. The van der Waals surface area contributed by atoms with Crippen LogP contribution in [0.4, 0.5) is 0 Å². The number of aromatic nitrogens is 2. The van der Waals surface area contributed by atoms with Gasteiger partial charge in [-0.2, -0.15) is 5.10 Å². The molecule has 90 valence electrons.